The lowest BCUT2D eigenvalue weighted by Crippen LogP contribution is -2.52. The van der Waals surface area contributed by atoms with Crippen LogP contribution >= 0.6 is 0 Å². The third-order valence-corrected chi connectivity index (χ3v) is 10.1. The van der Waals surface area contributed by atoms with Gasteiger partial charge in [0.1, 0.15) is 8.07 Å². The molecule has 1 aliphatic carbocycles. The average Bonchev–Trinajstić information content (AvgIpc) is 2.97. The summed E-state index contributed by atoms with van der Waals surface area (Å²) in [5, 5.41) is 1.61. The summed E-state index contributed by atoms with van der Waals surface area (Å²) in [6.07, 6.45) is 10.9. The first-order valence-corrected chi connectivity index (χ1v) is 10.5. The van der Waals surface area contributed by atoms with Crippen LogP contribution in [0.15, 0.2) is 54.1 Å². The van der Waals surface area contributed by atoms with E-state index in [-0.39, 0.29) is 0 Å². The van der Waals surface area contributed by atoms with Crippen molar-refractivity contribution in [1.29, 1.82) is 0 Å². The van der Waals surface area contributed by atoms with E-state index in [1.54, 1.807) is 16.3 Å². The molecule has 0 aromatic heterocycles. The van der Waals surface area contributed by atoms with E-state index in [2.05, 4.69) is 69.3 Å². The standard InChI is InChI=1S/C19H27Si/c1-4-7-12-17-13-11-16-19(17)20(5-2,6-3)18-14-9-8-10-15-18/h8-11,13-16H,4-7,12H2,1-3H3. The van der Waals surface area contributed by atoms with Gasteiger partial charge in [0.25, 0.3) is 0 Å². The van der Waals surface area contributed by atoms with Gasteiger partial charge in [0.2, 0.25) is 0 Å². The first-order chi connectivity index (χ1) is 9.78. The smallest absolute Gasteiger partial charge is 0.0757 e. The minimum atomic E-state index is -1.54. The summed E-state index contributed by atoms with van der Waals surface area (Å²) in [4.78, 5) is 0. The van der Waals surface area contributed by atoms with Crippen molar-refractivity contribution in [3.05, 3.63) is 59.7 Å². The number of allylic oxidation sites excluding steroid dienone is 4. The Balaban J connectivity index is 2.33. The summed E-state index contributed by atoms with van der Waals surface area (Å²) >= 11 is 0. The molecule has 0 unspecified atom stereocenters. The molecule has 0 nitrogen and oxygen atoms in total. The molecule has 1 heteroatoms. The Morgan fingerprint density at radius 2 is 1.65 bits per heavy atom. The molecule has 2 rings (SSSR count). The van der Waals surface area contributed by atoms with Gasteiger partial charge in [-0.2, -0.15) is 0 Å². The lowest BCUT2D eigenvalue weighted by molar-refractivity contribution is 0.790. The van der Waals surface area contributed by atoms with E-state index in [1.807, 2.05) is 0 Å². The highest BCUT2D eigenvalue weighted by Crippen LogP contribution is 2.38. The zero-order chi connectivity index (χ0) is 14.4. The Morgan fingerprint density at radius 3 is 2.25 bits per heavy atom. The first-order valence-electron chi connectivity index (χ1n) is 8.09. The zero-order valence-electron chi connectivity index (χ0n) is 13.2. The average molecular weight is 284 g/mol. The number of unbranched alkanes of at least 4 members (excludes halogenated alkanes) is 1. The Morgan fingerprint density at radius 1 is 0.950 bits per heavy atom. The van der Waals surface area contributed by atoms with Gasteiger partial charge in [0.15, 0.2) is 0 Å². The van der Waals surface area contributed by atoms with Crippen LogP contribution in [0.2, 0.25) is 12.1 Å². The minimum Gasteiger partial charge on any atom is -0.0757 e. The number of hydrogen-bond donors (Lipinski definition) is 0. The van der Waals surface area contributed by atoms with Crippen LogP contribution in [0.4, 0.5) is 0 Å². The zero-order valence-corrected chi connectivity index (χ0v) is 14.2. The van der Waals surface area contributed by atoms with Crippen LogP contribution in [0, 0.1) is 5.54 Å². The topological polar surface area (TPSA) is 0 Å². The third kappa shape index (κ3) is 2.83. The van der Waals surface area contributed by atoms with E-state index in [1.165, 1.54) is 31.4 Å². The van der Waals surface area contributed by atoms with Crippen molar-refractivity contribution in [1.82, 2.24) is 0 Å². The molecule has 20 heavy (non-hydrogen) atoms. The second-order valence-corrected chi connectivity index (χ2v) is 10.4. The van der Waals surface area contributed by atoms with Crippen molar-refractivity contribution in [3.8, 4) is 0 Å². The summed E-state index contributed by atoms with van der Waals surface area (Å²) in [5.41, 5.74) is 3.31. The van der Waals surface area contributed by atoms with E-state index in [4.69, 9.17) is 0 Å². The van der Waals surface area contributed by atoms with Crippen LogP contribution in [-0.4, -0.2) is 8.07 Å². The van der Waals surface area contributed by atoms with Gasteiger partial charge >= 0.3 is 0 Å². The molecule has 0 fully saturated rings. The first kappa shape index (κ1) is 15.3. The lowest BCUT2D eigenvalue weighted by Gasteiger charge is -2.36. The maximum Gasteiger partial charge on any atom is 0.102 e. The van der Waals surface area contributed by atoms with Crippen LogP contribution in [-0.2, 0) is 0 Å². The highest BCUT2D eigenvalue weighted by atomic mass is 28.3. The predicted octanol–water partition coefficient (Wildman–Crippen LogP) is 5.18. The molecule has 1 radical (unpaired) electrons. The summed E-state index contributed by atoms with van der Waals surface area (Å²) < 4.78 is 0. The molecule has 0 amide bonds. The summed E-state index contributed by atoms with van der Waals surface area (Å²) in [6, 6.07) is 13.9. The molecule has 0 saturated carbocycles. The van der Waals surface area contributed by atoms with Crippen LogP contribution in [0.5, 0.6) is 0 Å². The molecule has 1 aromatic carbocycles. The molecule has 0 bridgehead atoms. The monoisotopic (exact) mass is 283 g/mol. The molecule has 0 saturated heterocycles. The van der Waals surface area contributed by atoms with Gasteiger partial charge in [0, 0.05) is 5.54 Å². The van der Waals surface area contributed by atoms with Crippen LogP contribution in [0.3, 0.4) is 0 Å². The maximum absolute atomic E-state index is 2.41. The molecule has 0 aliphatic heterocycles. The van der Waals surface area contributed by atoms with E-state index in [9.17, 15) is 0 Å². The molecule has 1 aliphatic rings. The number of benzene rings is 1. The maximum atomic E-state index is 2.41. The minimum absolute atomic E-state index is 1.25. The molecule has 0 heterocycles. The van der Waals surface area contributed by atoms with Gasteiger partial charge in [-0.1, -0.05) is 98.6 Å². The van der Waals surface area contributed by atoms with E-state index >= 15 is 0 Å². The van der Waals surface area contributed by atoms with Crippen LogP contribution in [0.1, 0.15) is 40.0 Å². The fourth-order valence-corrected chi connectivity index (χ4v) is 7.92. The molecule has 0 atom stereocenters. The SMILES string of the molecule is CCCCC1=CC=C[C]1[Si](CC)(CC)c1ccccc1. The van der Waals surface area contributed by atoms with Gasteiger partial charge < -0.3 is 0 Å². The molecular formula is C19H27Si. The fraction of sp³-hybridized carbons (Fsp3) is 0.421. The summed E-state index contributed by atoms with van der Waals surface area (Å²) in [5.74, 6) is 0. The second-order valence-electron chi connectivity index (χ2n) is 5.72. The fourth-order valence-electron chi connectivity index (χ4n) is 3.46. The Bertz CT molecular complexity index is 466. The summed E-state index contributed by atoms with van der Waals surface area (Å²) in [7, 11) is -1.54. The highest BCUT2D eigenvalue weighted by molar-refractivity contribution is 6.97. The van der Waals surface area contributed by atoms with Gasteiger partial charge in [-0.3, -0.25) is 0 Å². The normalized spacial score (nSPS) is 15.7. The molecular weight excluding hydrogens is 256 g/mol. The molecule has 1 aromatic rings. The molecule has 0 spiro atoms. The van der Waals surface area contributed by atoms with Crippen molar-refractivity contribution in [2.75, 3.05) is 0 Å². The van der Waals surface area contributed by atoms with E-state index < -0.39 is 8.07 Å². The Hall–Kier alpha value is -1.08. The number of rotatable bonds is 7. The highest BCUT2D eigenvalue weighted by Gasteiger charge is 2.41. The van der Waals surface area contributed by atoms with Gasteiger partial charge in [-0.25, -0.2) is 0 Å². The molecule has 107 valence electrons. The Labute approximate surface area is 125 Å². The summed E-state index contributed by atoms with van der Waals surface area (Å²) in [6.45, 7) is 7.06. The quantitative estimate of drug-likeness (QED) is 0.605. The van der Waals surface area contributed by atoms with Crippen LogP contribution in [0.25, 0.3) is 0 Å². The van der Waals surface area contributed by atoms with Crippen molar-refractivity contribution < 1.29 is 0 Å². The number of hydrogen-bond acceptors (Lipinski definition) is 0. The van der Waals surface area contributed by atoms with Gasteiger partial charge in [-0.15, -0.1) is 0 Å². The Kier molecular flexibility index (Phi) is 5.42. The lowest BCUT2D eigenvalue weighted by atomic mass is 10.1. The molecule has 0 N–H and O–H groups in total. The van der Waals surface area contributed by atoms with Crippen molar-refractivity contribution >= 4 is 13.3 Å². The van der Waals surface area contributed by atoms with Gasteiger partial charge in [-0.05, 0) is 12.8 Å². The van der Waals surface area contributed by atoms with Gasteiger partial charge in [0.05, 0.1) is 0 Å². The van der Waals surface area contributed by atoms with Crippen molar-refractivity contribution in [2.45, 2.75) is 52.1 Å². The predicted molar refractivity (Wildman–Crippen MR) is 92.8 cm³/mol. The van der Waals surface area contributed by atoms with Crippen LogP contribution < -0.4 is 5.19 Å². The largest absolute Gasteiger partial charge is 0.102 e. The van der Waals surface area contributed by atoms with E-state index in [0.29, 0.717) is 0 Å². The van der Waals surface area contributed by atoms with E-state index in [0.717, 1.165) is 0 Å². The van der Waals surface area contributed by atoms with Crippen molar-refractivity contribution in [2.24, 2.45) is 0 Å². The second kappa shape index (κ2) is 7.08. The third-order valence-electron chi connectivity index (χ3n) is 4.75. The van der Waals surface area contributed by atoms with Crippen molar-refractivity contribution in [3.63, 3.8) is 0 Å².